The van der Waals surface area contributed by atoms with Crippen molar-refractivity contribution in [3.63, 3.8) is 0 Å². The zero-order valence-corrected chi connectivity index (χ0v) is 16.9. The van der Waals surface area contributed by atoms with E-state index in [1.807, 2.05) is 13.8 Å². The van der Waals surface area contributed by atoms with E-state index in [4.69, 9.17) is 0 Å². The van der Waals surface area contributed by atoms with Crippen LogP contribution in [0.15, 0.2) is 54.9 Å². The molecular formula is C21H22F3N5O2. The van der Waals surface area contributed by atoms with Crippen molar-refractivity contribution in [3.8, 4) is 17.0 Å². The molecule has 0 bridgehead atoms. The van der Waals surface area contributed by atoms with Gasteiger partial charge in [-0.2, -0.15) is 4.98 Å². The van der Waals surface area contributed by atoms with Gasteiger partial charge in [-0.05, 0) is 30.2 Å². The number of ether oxygens (including phenoxy) is 1. The molecule has 1 atom stereocenters. The SMILES string of the molecule is CC(C)[C@@H](CO)Nc1nc(Nc2ccccc2OC(F)(F)F)cc(-c2cccnc2)n1. The predicted molar refractivity (Wildman–Crippen MR) is 111 cm³/mol. The third-order valence-corrected chi connectivity index (χ3v) is 4.37. The van der Waals surface area contributed by atoms with Crippen molar-refractivity contribution in [2.24, 2.45) is 5.92 Å². The van der Waals surface area contributed by atoms with Crippen LogP contribution in [-0.4, -0.2) is 39.1 Å². The Balaban J connectivity index is 1.99. The van der Waals surface area contributed by atoms with Gasteiger partial charge in [-0.3, -0.25) is 4.98 Å². The van der Waals surface area contributed by atoms with Gasteiger partial charge in [0, 0.05) is 24.0 Å². The Morgan fingerprint density at radius 3 is 2.52 bits per heavy atom. The molecule has 0 aliphatic rings. The first-order valence-electron chi connectivity index (χ1n) is 9.54. The fourth-order valence-corrected chi connectivity index (χ4v) is 2.75. The van der Waals surface area contributed by atoms with Gasteiger partial charge in [-0.15, -0.1) is 13.2 Å². The number of nitrogens with one attached hydrogen (secondary N) is 2. The predicted octanol–water partition coefficient (Wildman–Crippen LogP) is 4.61. The van der Waals surface area contributed by atoms with E-state index < -0.39 is 6.36 Å². The number of pyridine rings is 1. The number of aromatic nitrogens is 3. The van der Waals surface area contributed by atoms with E-state index in [1.165, 1.54) is 18.2 Å². The van der Waals surface area contributed by atoms with Gasteiger partial charge < -0.3 is 20.5 Å². The van der Waals surface area contributed by atoms with Crippen LogP contribution in [0.5, 0.6) is 5.75 Å². The van der Waals surface area contributed by atoms with Crippen molar-refractivity contribution < 1.29 is 23.0 Å². The molecule has 10 heteroatoms. The Labute approximate surface area is 177 Å². The third kappa shape index (κ3) is 6.29. The molecule has 0 saturated carbocycles. The van der Waals surface area contributed by atoms with Gasteiger partial charge in [0.2, 0.25) is 5.95 Å². The maximum absolute atomic E-state index is 12.8. The molecule has 0 amide bonds. The van der Waals surface area contributed by atoms with Crippen molar-refractivity contribution in [1.29, 1.82) is 0 Å². The minimum Gasteiger partial charge on any atom is -0.404 e. The van der Waals surface area contributed by atoms with Gasteiger partial charge in [-0.1, -0.05) is 26.0 Å². The van der Waals surface area contributed by atoms with Crippen molar-refractivity contribution >= 4 is 17.5 Å². The molecule has 0 radical (unpaired) electrons. The highest BCUT2D eigenvalue weighted by Gasteiger charge is 2.32. The Kier molecular flexibility index (Phi) is 6.91. The topological polar surface area (TPSA) is 92.2 Å². The second-order valence-electron chi connectivity index (χ2n) is 7.05. The number of para-hydroxylation sites is 2. The molecule has 0 fully saturated rings. The first kappa shape index (κ1) is 22.3. The number of anilines is 3. The first-order chi connectivity index (χ1) is 14.7. The summed E-state index contributed by atoms with van der Waals surface area (Å²) in [6.45, 7) is 3.73. The van der Waals surface area contributed by atoms with Crippen LogP contribution in [0.1, 0.15) is 13.8 Å². The number of halogens is 3. The van der Waals surface area contributed by atoms with Gasteiger partial charge >= 0.3 is 6.36 Å². The molecule has 31 heavy (non-hydrogen) atoms. The highest BCUT2D eigenvalue weighted by Crippen LogP contribution is 2.32. The summed E-state index contributed by atoms with van der Waals surface area (Å²) in [5.41, 5.74) is 1.29. The van der Waals surface area contributed by atoms with Crippen molar-refractivity contribution in [2.75, 3.05) is 17.2 Å². The minimum absolute atomic E-state index is 0.0872. The monoisotopic (exact) mass is 433 g/mol. The molecule has 0 spiro atoms. The van der Waals surface area contributed by atoms with Crippen LogP contribution in [0.25, 0.3) is 11.3 Å². The summed E-state index contributed by atoms with van der Waals surface area (Å²) < 4.78 is 42.4. The summed E-state index contributed by atoms with van der Waals surface area (Å²) >= 11 is 0. The number of hydrogen-bond acceptors (Lipinski definition) is 7. The van der Waals surface area contributed by atoms with Gasteiger partial charge in [0.25, 0.3) is 0 Å². The van der Waals surface area contributed by atoms with Crippen LogP contribution in [0.2, 0.25) is 0 Å². The second-order valence-corrected chi connectivity index (χ2v) is 7.05. The fraction of sp³-hybridized carbons (Fsp3) is 0.286. The largest absolute Gasteiger partial charge is 0.573 e. The highest BCUT2D eigenvalue weighted by atomic mass is 19.4. The van der Waals surface area contributed by atoms with E-state index in [9.17, 15) is 18.3 Å². The first-order valence-corrected chi connectivity index (χ1v) is 9.54. The highest BCUT2D eigenvalue weighted by molar-refractivity contribution is 5.69. The van der Waals surface area contributed by atoms with Crippen molar-refractivity contribution in [1.82, 2.24) is 15.0 Å². The number of alkyl halides is 3. The molecule has 3 N–H and O–H groups in total. The standard InChI is InChI=1S/C21H22F3N5O2/c1-13(2)17(12-30)28-20-27-16(14-6-5-9-25-11-14)10-19(29-20)26-15-7-3-4-8-18(15)31-21(22,23)24/h3-11,13,17,30H,12H2,1-2H3,(H2,26,27,28,29)/t17-/m1/s1. The maximum Gasteiger partial charge on any atom is 0.573 e. The molecule has 164 valence electrons. The molecule has 0 saturated heterocycles. The van der Waals surface area contributed by atoms with E-state index in [-0.39, 0.29) is 41.8 Å². The van der Waals surface area contributed by atoms with E-state index in [1.54, 1.807) is 36.7 Å². The molecule has 1 aromatic carbocycles. The van der Waals surface area contributed by atoms with Crippen LogP contribution in [-0.2, 0) is 0 Å². The third-order valence-electron chi connectivity index (χ3n) is 4.37. The van der Waals surface area contributed by atoms with Gasteiger partial charge in [-0.25, -0.2) is 4.98 Å². The quantitative estimate of drug-likeness (QED) is 0.478. The molecular weight excluding hydrogens is 411 g/mol. The minimum atomic E-state index is -4.83. The van der Waals surface area contributed by atoms with E-state index in [0.717, 1.165) is 0 Å². The van der Waals surface area contributed by atoms with Crippen molar-refractivity contribution in [2.45, 2.75) is 26.3 Å². The Morgan fingerprint density at radius 2 is 1.87 bits per heavy atom. The molecule has 3 aromatic rings. The second kappa shape index (κ2) is 9.61. The normalized spacial score (nSPS) is 12.5. The van der Waals surface area contributed by atoms with Crippen LogP contribution in [0, 0.1) is 5.92 Å². The summed E-state index contributed by atoms with van der Waals surface area (Å²) in [5.74, 6) is 0.162. The summed E-state index contributed by atoms with van der Waals surface area (Å²) in [5, 5.41) is 15.6. The summed E-state index contributed by atoms with van der Waals surface area (Å²) in [4.78, 5) is 12.9. The maximum atomic E-state index is 12.8. The van der Waals surface area contributed by atoms with E-state index in [2.05, 4.69) is 30.3 Å². The van der Waals surface area contributed by atoms with E-state index >= 15 is 0 Å². The molecule has 2 aromatic heterocycles. The van der Waals surface area contributed by atoms with Crippen molar-refractivity contribution in [3.05, 3.63) is 54.9 Å². The lowest BCUT2D eigenvalue weighted by molar-refractivity contribution is -0.274. The lowest BCUT2D eigenvalue weighted by Crippen LogP contribution is -2.30. The lowest BCUT2D eigenvalue weighted by Gasteiger charge is -2.21. The summed E-state index contributed by atoms with van der Waals surface area (Å²) in [7, 11) is 0. The Bertz CT molecular complexity index is 1000. The number of hydrogen-bond donors (Lipinski definition) is 3. The number of benzene rings is 1. The van der Waals surface area contributed by atoms with Crippen LogP contribution >= 0.6 is 0 Å². The van der Waals surface area contributed by atoms with Gasteiger partial charge in [0.1, 0.15) is 5.82 Å². The average Bonchev–Trinajstić information content (AvgIpc) is 2.73. The number of nitrogens with zero attached hydrogens (tertiary/aromatic N) is 3. The zero-order chi connectivity index (χ0) is 22.4. The smallest absolute Gasteiger partial charge is 0.404 e. The Hall–Kier alpha value is -3.40. The molecule has 2 heterocycles. The molecule has 0 aliphatic heterocycles. The summed E-state index contributed by atoms with van der Waals surface area (Å²) in [6.07, 6.45) is -1.60. The fourth-order valence-electron chi connectivity index (χ4n) is 2.75. The molecule has 0 aliphatic carbocycles. The van der Waals surface area contributed by atoms with Gasteiger partial charge in [0.05, 0.1) is 24.0 Å². The lowest BCUT2D eigenvalue weighted by atomic mass is 10.1. The van der Waals surface area contributed by atoms with Gasteiger partial charge in [0.15, 0.2) is 5.75 Å². The zero-order valence-electron chi connectivity index (χ0n) is 16.9. The molecule has 7 nitrogen and oxygen atoms in total. The number of aliphatic hydroxyl groups excluding tert-OH is 1. The Morgan fingerprint density at radius 1 is 1.10 bits per heavy atom. The average molecular weight is 433 g/mol. The van der Waals surface area contributed by atoms with Crippen LogP contribution < -0.4 is 15.4 Å². The summed E-state index contributed by atoms with van der Waals surface area (Å²) in [6, 6.07) is 10.5. The van der Waals surface area contributed by atoms with Crippen LogP contribution in [0.4, 0.5) is 30.6 Å². The molecule has 3 rings (SSSR count). The molecule has 0 unspecified atom stereocenters. The number of aliphatic hydroxyl groups is 1. The number of rotatable bonds is 8. The van der Waals surface area contributed by atoms with Crippen LogP contribution in [0.3, 0.4) is 0 Å². The van der Waals surface area contributed by atoms with E-state index in [0.29, 0.717) is 11.3 Å².